The first-order valence-corrected chi connectivity index (χ1v) is 6.00. The lowest BCUT2D eigenvalue weighted by molar-refractivity contribution is 0.764. The average Bonchev–Trinajstić information content (AvgIpc) is 2.55. The zero-order valence-corrected chi connectivity index (χ0v) is 11.7. The molecule has 98 valence electrons. The van der Waals surface area contributed by atoms with Crippen LogP contribution in [-0.4, -0.2) is 14.3 Å². The lowest BCUT2D eigenvalue weighted by Gasteiger charge is -2.13. The van der Waals surface area contributed by atoms with Gasteiger partial charge in [-0.25, -0.2) is 0 Å². The Hall–Kier alpha value is -1.42. The second kappa shape index (κ2) is 5.06. The third-order valence-electron chi connectivity index (χ3n) is 3.02. The predicted octanol–water partition coefficient (Wildman–Crippen LogP) is 3.72. The molecule has 2 aromatic rings. The first kappa shape index (κ1) is 14.6. The van der Waals surface area contributed by atoms with Crippen LogP contribution < -0.4 is 0 Å². The van der Waals surface area contributed by atoms with Crippen molar-refractivity contribution in [3.8, 4) is 11.4 Å². The van der Waals surface area contributed by atoms with E-state index in [4.69, 9.17) is 12.2 Å². The molecule has 4 heteroatoms. The Balaban J connectivity index is 0.00000162. The summed E-state index contributed by atoms with van der Waals surface area (Å²) in [5.74, 6) is 0. The SMILES string of the molecule is C.Cc1cn(C)nc1-c1c(C)cc(C)c(=S)n1C. The van der Waals surface area contributed by atoms with E-state index in [0.29, 0.717) is 0 Å². The van der Waals surface area contributed by atoms with Gasteiger partial charge in [0.05, 0.1) is 5.69 Å². The second-order valence-electron chi connectivity index (χ2n) is 4.56. The van der Waals surface area contributed by atoms with Crippen molar-refractivity contribution < 1.29 is 0 Å². The van der Waals surface area contributed by atoms with Crippen molar-refractivity contribution in [1.82, 2.24) is 14.3 Å². The van der Waals surface area contributed by atoms with Gasteiger partial charge in [-0.3, -0.25) is 4.68 Å². The molecule has 0 aliphatic carbocycles. The van der Waals surface area contributed by atoms with Crippen LogP contribution in [0.25, 0.3) is 11.4 Å². The van der Waals surface area contributed by atoms with E-state index in [0.717, 1.165) is 21.6 Å². The molecule has 0 bridgehead atoms. The summed E-state index contributed by atoms with van der Waals surface area (Å²) in [6, 6.07) is 2.13. The summed E-state index contributed by atoms with van der Waals surface area (Å²) < 4.78 is 4.76. The Morgan fingerprint density at radius 2 is 1.67 bits per heavy atom. The minimum atomic E-state index is 0. The van der Waals surface area contributed by atoms with Crippen LogP contribution in [0.15, 0.2) is 12.3 Å². The molecule has 18 heavy (non-hydrogen) atoms. The van der Waals surface area contributed by atoms with Gasteiger partial charge in [-0.15, -0.1) is 0 Å². The Labute approximate surface area is 114 Å². The molecule has 0 amide bonds. The van der Waals surface area contributed by atoms with Crippen LogP contribution >= 0.6 is 12.2 Å². The van der Waals surface area contributed by atoms with Crippen molar-refractivity contribution >= 4 is 12.2 Å². The van der Waals surface area contributed by atoms with Crippen molar-refractivity contribution in [3.63, 3.8) is 0 Å². The van der Waals surface area contributed by atoms with Gasteiger partial charge in [-0.1, -0.05) is 25.7 Å². The van der Waals surface area contributed by atoms with Gasteiger partial charge in [0.15, 0.2) is 0 Å². The van der Waals surface area contributed by atoms with E-state index in [9.17, 15) is 0 Å². The smallest absolute Gasteiger partial charge is 0.112 e. The number of aromatic nitrogens is 3. The van der Waals surface area contributed by atoms with Crippen molar-refractivity contribution in [2.45, 2.75) is 28.2 Å². The third kappa shape index (κ3) is 2.25. The maximum atomic E-state index is 5.42. The minimum absolute atomic E-state index is 0. The molecule has 0 saturated heterocycles. The number of hydrogen-bond acceptors (Lipinski definition) is 2. The molecule has 0 atom stereocenters. The number of rotatable bonds is 1. The van der Waals surface area contributed by atoms with E-state index in [2.05, 4.69) is 29.6 Å². The highest BCUT2D eigenvalue weighted by Gasteiger charge is 2.13. The van der Waals surface area contributed by atoms with Gasteiger partial charge in [0, 0.05) is 20.3 Å². The minimum Gasteiger partial charge on any atom is -0.333 e. The molecule has 0 fully saturated rings. The van der Waals surface area contributed by atoms with Gasteiger partial charge in [0.1, 0.15) is 10.3 Å². The topological polar surface area (TPSA) is 22.8 Å². The molecule has 2 heterocycles. The van der Waals surface area contributed by atoms with Crippen LogP contribution in [0.2, 0.25) is 0 Å². The molecule has 0 aliphatic heterocycles. The van der Waals surface area contributed by atoms with Gasteiger partial charge in [0.25, 0.3) is 0 Å². The largest absolute Gasteiger partial charge is 0.333 e. The molecule has 2 rings (SSSR count). The third-order valence-corrected chi connectivity index (χ3v) is 3.62. The quantitative estimate of drug-likeness (QED) is 0.732. The fourth-order valence-corrected chi connectivity index (χ4v) is 2.42. The van der Waals surface area contributed by atoms with Gasteiger partial charge in [-0.2, -0.15) is 5.10 Å². The molecule has 0 N–H and O–H groups in total. The highest BCUT2D eigenvalue weighted by molar-refractivity contribution is 7.71. The first-order chi connectivity index (χ1) is 7.91. The van der Waals surface area contributed by atoms with Crippen molar-refractivity contribution in [3.05, 3.63) is 33.6 Å². The zero-order valence-electron chi connectivity index (χ0n) is 10.9. The van der Waals surface area contributed by atoms with Crippen LogP contribution in [0.1, 0.15) is 24.1 Å². The van der Waals surface area contributed by atoms with E-state index in [-0.39, 0.29) is 7.43 Å². The number of nitrogens with zero attached hydrogens (tertiary/aromatic N) is 3. The Kier molecular flexibility index (Phi) is 4.12. The summed E-state index contributed by atoms with van der Waals surface area (Å²) in [5.41, 5.74) is 5.64. The fraction of sp³-hybridized carbons (Fsp3) is 0.429. The summed E-state index contributed by atoms with van der Waals surface area (Å²) >= 11 is 5.42. The van der Waals surface area contributed by atoms with E-state index in [1.165, 1.54) is 11.1 Å². The van der Waals surface area contributed by atoms with Crippen molar-refractivity contribution in [2.75, 3.05) is 0 Å². The van der Waals surface area contributed by atoms with E-state index >= 15 is 0 Å². The van der Waals surface area contributed by atoms with E-state index in [1.54, 1.807) is 0 Å². The number of pyridine rings is 1. The molecule has 0 radical (unpaired) electrons. The molecule has 0 aromatic carbocycles. The Bertz CT molecular complexity index is 635. The van der Waals surface area contributed by atoms with Gasteiger partial charge < -0.3 is 4.57 Å². The van der Waals surface area contributed by atoms with Gasteiger partial charge in [0.2, 0.25) is 0 Å². The summed E-state index contributed by atoms with van der Waals surface area (Å²) in [6.07, 6.45) is 2.03. The average molecular weight is 263 g/mol. The van der Waals surface area contributed by atoms with E-state index in [1.807, 2.05) is 31.9 Å². The lowest BCUT2D eigenvalue weighted by atomic mass is 10.1. The summed E-state index contributed by atoms with van der Waals surface area (Å²) in [5, 5.41) is 4.52. The van der Waals surface area contributed by atoms with Gasteiger partial charge >= 0.3 is 0 Å². The van der Waals surface area contributed by atoms with Crippen LogP contribution in [-0.2, 0) is 14.1 Å². The molecule has 0 spiro atoms. The van der Waals surface area contributed by atoms with Crippen molar-refractivity contribution in [1.29, 1.82) is 0 Å². The molecule has 0 aliphatic rings. The van der Waals surface area contributed by atoms with E-state index < -0.39 is 0 Å². The molecule has 3 nitrogen and oxygen atoms in total. The Morgan fingerprint density at radius 3 is 2.17 bits per heavy atom. The predicted molar refractivity (Wildman–Crippen MR) is 79.4 cm³/mol. The molecule has 2 aromatic heterocycles. The van der Waals surface area contributed by atoms with Crippen molar-refractivity contribution in [2.24, 2.45) is 14.1 Å². The van der Waals surface area contributed by atoms with Crippen LogP contribution in [0, 0.1) is 25.4 Å². The monoisotopic (exact) mass is 263 g/mol. The number of hydrogen-bond donors (Lipinski definition) is 0. The zero-order chi connectivity index (χ0) is 12.7. The molecule has 0 unspecified atom stereocenters. The maximum Gasteiger partial charge on any atom is 0.112 e. The number of aryl methyl sites for hydroxylation is 4. The second-order valence-corrected chi connectivity index (χ2v) is 4.94. The van der Waals surface area contributed by atoms with Crippen LogP contribution in [0.3, 0.4) is 0 Å². The van der Waals surface area contributed by atoms with Crippen LogP contribution in [0.4, 0.5) is 0 Å². The Morgan fingerprint density at radius 1 is 1.06 bits per heavy atom. The maximum absolute atomic E-state index is 5.42. The van der Waals surface area contributed by atoms with Gasteiger partial charge in [-0.05, 0) is 37.5 Å². The highest BCUT2D eigenvalue weighted by atomic mass is 32.1. The summed E-state index contributed by atoms with van der Waals surface area (Å²) in [4.78, 5) is 0. The fourth-order valence-electron chi connectivity index (χ4n) is 2.27. The molecular formula is C14H21N3S. The molecular weight excluding hydrogens is 242 g/mol. The normalized spacial score (nSPS) is 10.3. The van der Waals surface area contributed by atoms with Crippen LogP contribution in [0.5, 0.6) is 0 Å². The highest BCUT2D eigenvalue weighted by Crippen LogP contribution is 2.25. The standard InChI is InChI=1S/C13H17N3S.CH4/c1-8-6-9(2)13(17)16(5)12(8)11-10(3)7-15(4)14-11;/h6-7H,1-5H3;1H4. The lowest BCUT2D eigenvalue weighted by Crippen LogP contribution is -2.04. The first-order valence-electron chi connectivity index (χ1n) is 5.59. The molecule has 0 saturated carbocycles. The summed E-state index contributed by atoms with van der Waals surface area (Å²) in [6.45, 7) is 6.22. The summed E-state index contributed by atoms with van der Waals surface area (Å²) in [7, 11) is 3.94.